The molecule has 37 heavy (non-hydrogen) atoms. The van der Waals surface area contributed by atoms with Gasteiger partial charge in [-0.05, 0) is 58.7 Å². The Kier molecular flexibility index (Phi) is 3.88. The second-order valence-electron chi connectivity index (χ2n) is 10.6. The third-order valence-corrected chi connectivity index (χ3v) is 8.24. The van der Waals surface area contributed by atoms with Crippen LogP contribution in [0.1, 0.15) is 25.0 Å². The topological polar surface area (TPSA) is 35.1 Å². The largest absolute Gasteiger partial charge is 0.422 e. The molecule has 2 heterocycles. The van der Waals surface area contributed by atoms with Crippen LogP contribution in [0.15, 0.2) is 112 Å². The van der Waals surface area contributed by atoms with Crippen LogP contribution in [0.4, 0.5) is 0 Å². The summed E-state index contributed by atoms with van der Waals surface area (Å²) in [6.45, 7) is 4.62. The number of aromatic nitrogens is 1. The molecule has 0 aliphatic heterocycles. The van der Waals surface area contributed by atoms with Gasteiger partial charge in [0.15, 0.2) is 0 Å². The molecule has 0 saturated carbocycles. The zero-order chi connectivity index (χ0) is 24.9. The van der Waals surface area contributed by atoms with Crippen molar-refractivity contribution in [2.45, 2.75) is 19.3 Å². The maximum atomic E-state index is 13.0. The second kappa shape index (κ2) is 6.98. The second-order valence-corrected chi connectivity index (χ2v) is 10.6. The Hall–Kier alpha value is -4.63. The van der Waals surface area contributed by atoms with Crippen molar-refractivity contribution in [2.75, 3.05) is 0 Å². The number of benzene rings is 5. The van der Waals surface area contributed by atoms with E-state index in [1.165, 1.54) is 33.0 Å². The summed E-state index contributed by atoms with van der Waals surface area (Å²) in [5.74, 6) is 0. The van der Waals surface area contributed by atoms with Gasteiger partial charge in [-0.15, -0.1) is 0 Å². The number of hydrogen-bond acceptors (Lipinski definition) is 2. The van der Waals surface area contributed by atoms with Crippen LogP contribution < -0.4 is 5.63 Å². The van der Waals surface area contributed by atoms with Gasteiger partial charge in [-0.3, -0.25) is 0 Å². The minimum atomic E-state index is -0.311. The van der Waals surface area contributed by atoms with Gasteiger partial charge >= 0.3 is 5.63 Å². The maximum absolute atomic E-state index is 13.0. The summed E-state index contributed by atoms with van der Waals surface area (Å²) < 4.78 is 7.97. The molecule has 0 N–H and O–H groups in total. The van der Waals surface area contributed by atoms with Gasteiger partial charge in [-0.25, -0.2) is 4.79 Å². The van der Waals surface area contributed by atoms with Crippen LogP contribution in [0, 0.1) is 0 Å². The third-order valence-electron chi connectivity index (χ3n) is 8.24. The lowest BCUT2D eigenvalue weighted by molar-refractivity contribution is 0.569. The molecule has 0 unspecified atom stereocenters. The lowest BCUT2D eigenvalue weighted by Gasteiger charge is -2.21. The fraction of sp³-hybridized carbons (Fsp3) is 0.0882. The van der Waals surface area contributed by atoms with Gasteiger partial charge in [0, 0.05) is 32.6 Å². The van der Waals surface area contributed by atoms with E-state index in [1.807, 2.05) is 30.3 Å². The zero-order valence-electron chi connectivity index (χ0n) is 20.6. The smallest absolute Gasteiger partial charge is 0.344 e. The number of rotatable bonds is 1. The molecule has 0 amide bonds. The first-order valence-electron chi connectivity index (χ1n) is 12.7. The molecular formula is C34H23NO2. The van der Waals surface area contributed by atoms with Crippen molar-refractivity contribution in [3.05, 3.63) is 125 Å². The quantitative estimate of drug-likeness (QED) is 0.176. The summed E-state index contributed by atoms with van der Waals surface area (Å²) in [4.78, 5) is 13.0. The van der Waals surface area contributed by atoms with Crippen molar-refractivity contribution in [3.63, 3.8) is 0 Å². The number of nitrogens with zero attached hydrogens (tertiary/aromatic N) is 1. The van der Waals surface area contributed by atoms with E-state index in [1.54, 1.807) is 0 Å². The highest BCUT2D eigenvalue weighted by molar-refractivity contribution is 6.12. The van der Waals surface area contributed by atoms with Crippen molar-refractivity contribution < 1.29 is 4.42 Å². The normalized spacial score (nSPS) is 14.0. The maximum Gasteiger partial charge on any atom is 0.344 e. The van der Waals surface area contributed by atoms with Crippen LogP contribution in [0.25, 0.3) is 60.4 Å². The van der Waals surface area contributed by atoms with E-state index in [9.17, 15) is 4.79 Å². The Bertz CT molecular complexity index is 2140. The predicted octanol–water partition coefficient (Wildman–Crippen LogP) is 8.35. The average molecular weight is 478 g/mol. The molecule has 5 aromatic carbocycles. The Morgan fingerprint density at radius 3 is 2.24 bits per heavy atom. The van der Waals surface area contributed by atoms with Crippen LogP contribution >= 0.6 is 0 Å². The molecule has 3 nitrogen and oxygen atoms in total. The predicted molar refractivity (Wildman–Crippen MR) is 152 cm³/mol. The molecule has 7 aromatic rings. The van der Waals surface area contributed by atoms with Crippen LogP contribution in [0.5, 0.6) is 0 Å². The molecule has 1 aliphatic carbocycles. The first kappa shape index (κ1) is 20.6. The van der Waals surface area contributed by atoms with E-state index in [0.29, 0.717) is 11.0 Å². The Balaban J connectivity index is 1.48. The van der Waals surface area contributed by atoms with Gasteiger partial charge in [-0.2, -0.15) is 0 Å². The van der Waals surface area contributed by atoms with Crippen LogP contribution in [-0.4, -0.2) is 4.57 Å². The number of fused-ring (bicyclic) bond motifs is 9. The molecule has 0 fully saturated rings. The molecule has 176 valence electrons. The Morgan fingerprint density at radius 2 is 1.35 bits per heavy atom. The summed E-state index contributed by atoms with van der Waals surface area (Å²) in [6, 6.07) is 35.9. The molecule has 1 aliphatic rings. The minimum absolute atomic E-state index is 0.0925. The lowest BCUT2D eigenvalue weighted by atomic mass is 9.82. The summed E-state index contributed by atoms with van der Waals surface area (Å²) >= 11 is 0. The van der Waals surface area contributed by atoms with Crippen molar-refractivity contribution in [2.24, 2.45) is 0 Å². The van der Waals surface area contributed by atoms with E-state index < -0.39 is 0 Å². The molecular weight excluding hydrogens is 454 g/mol. The zero-order valence-corrected chi connectivity index (χ0v) is 20.6. The van der Waals surface area contributed by atoms with E-state index in [2.05, 4.69) is 91.2 Å². The lowest BCUT2D eigenvalue weighted by Crippen LogP contribution is -2.15. The van der Waals surface area contributed by atoms with E-state index >= 15 is 0 Å². The van der Waals surface area contributed by atoms with Crippen molar-refractivity contribution >= 4 is 43.5 Å². The summed E-state index contributed by atoms with van der Waals surface area (Å²) in [6.07, 6.45) is 0. The van der Waals surface area contributed by atoms with Crippen LogP contribution in [-0.2, 0) is 5.41 Å². The van der Waals surface area contributed by atoms with Crippen molar-refractivity contribution in [1.29, 1.82) is 0 Å². The first-order chi connectivity index (χ1) is 18.0. The standard InChI is InChI=1S/C34H23NO2/c1-34(2)28-12-6-3-9-22(28)25-18-26-23-10-4-7-13-30(23)35(31(26)19-29(25)34)20-15-16-21-24-11-5-8-14-32(24)37-33(36)27(21)17-20/h3-19H,1-2H3. The Morgan fingerprint density at radius 1 is 0.595 bits per heavy atom. The molecule has 0 saturated heterocycles. The Labute approximate surface area is 213 Å². The van der Waals surface area contributed by atoms with E-state index in [4.69, 9.17) is 4.42 Å². The highest BCUT2D eigenvalue weighted by atomic mass is 16.4. The number of para-hydroxylation sites is 2. The molecule has 3 heteroatoms. The fourth-order valence-corrected chi connectivity index (χ4v) is 6.45. The van der Waals surface area contributed by atoms with Crippen molar-refractivity contribution in [3.8, 4) is 16.8 Å². The minimum Gasteiger partial charge on any atom is -0.422 e. The molecule has 0 bridgehead atoms. The SMILES string of the molecule is CC1(C)c2ccccc2-c2cc3c4ccccc4n(-c4ccc5c(c4)c(=O)oc4ccccc45)c3cc21. The van der Waals surface area contributed by atoms with Crippen molar-refractivity contribution in [1.82, 2.24) is 4.57 Å². The fourth-order valence-electron chi connectivity index (χ4n) is 6.45. The van der Waals surface area contributed by atoms with Crippen LogP contribution in [0.2, 0.25) is 0 Å². The molecule has 0 atom stereocenters. The van der Waals surface area contributed by atoms with Gasteiger partial charge in [0.1, 0.15) is 5.58 Å². The van der Waals surface area contributed by atoms with Gasteiger partial charge < -0.3 is 8.98 Å². The summed E-state index contributed by atoms with van der Waals surface area (Å²) in [5, 5.41) is 4.87. The van der Waals surface area contributed by atoms with E-state index in [-0.39, 0.29) is 11.0 Å². The molecule has 0 radical (unpaired) electrons. The van der Waals surface area contributed by atoms with Crippen LogP contribution in [0.3, 0.4) is 0 Å². The van der Waals surface area contributed by atoms with E-state index in [0.717, 1.165) is 27.5 Å². The monoisotopic (exact) mass is 477 g/mol. The van der Waals surface area contributed by atoms with Gasteiger partial charge in [0.25, 0.3) is 0 Å². The average Bonchev–Trinajstić information content (AvgIpc) is 3.36. The highest BCUT2D eigenvalue weighted by Crippen LogP contribution is 2.50. The van der Waals surface area contributed by atoms with Gasteiger partial charge in [0.2, 0.25) is 0 Å². The van der Waals surface area contributed by atoms with Gasteiger partial charge in [0.05, 0.1) is 16.4 Å². The first-order valence-corrected chi connectivity index (χ1v) is 12.7. The number of hydrogen-bond donors (Lipinski definition) is 0. The molecule has 8 rings (SSSR count). The summed E-state index contributed by atoms with van der Waals surface area (Å²) in [5.41, 5.74) is 8.75. The highest BCUT2D eigenvalue weighted by Gasteiger charge is 2.36. The third kappa shape index (κ3) is 2.63. The van der Waals surface area contributed by atoms with Gasteiger partial charge in [-0.1, -0.05) is 80.6 Å². The molecule has 2 aromatic heterocycles. The summed E-state index contributed by atoms with van der Waals surface area (Å²) in [7, 11) is 0. The molecule has 0 spiro atoms.